The van der Waals surface area contributed by atoms with Crippen molar-refractivity contribution in [3.05, 3.63) is 64.3 Å². The normalized spacial score (nSPS) is 17.0. The van der Waals surface area contributed by atoms with Gasteiger partial charge in [0, 0.05) is 64.0 Å². The van der Waals surface area contributed by atoms with E-state index in [-0.39, 0.29) is 11.7 Å². The Bertz CT molecular complexity index is 1140. The third-order valence-corrected chi connectivity index (χ3v) is 6.09. The monoisotopic (exact) mass is 418 g/mol. The van der Waals surface area contributed by atoms with Crippen LogP contribution in [0.1, 0.15) is 24.0 Å². The van der Waals surface area contributed by atoms with Gasteiger partial charge in [-0.2, -0.15) is 4.98 Å². The molecule has 2 aromatic heterocycles. The van der Waals surface area contributed by atoms with Crippen molar-refractivity contribution in [1.82, 2.24) is 24.4 Å². The molecule has 4 heterocycles. The Morgan fingerprint density at radius 2 is 1.81 bits per heavy atom. The van der Waals surface area contributed by atoms with Crippen LogP contribution >= 0.6 is 0 Å². The molecular weight excluding hydrogens is 392 g/mol. The summed E-state index contributed by atoms with van der Waals surface area (Å²) in [6.45, 7) is 3.88. The molecule has 0 spiro atoms. The van der Waals surface area contributed by atoms with Gasteiger partial charge in [-0.15, -0.1) is 0 Å². The largest absolute Gasteiger partial charge is 0.461 e. The first-order valence-electron chi connectivity index (χ1n) is 10.6. The van der Waals surface area contributed by atoms with Crippen molar-refractivity contribution in [3.63, 3.8) is 0 Å². The molecular formula is C23H26N6O2. The molecule has 2 aliphatic heterocycles. The molecule has 0 aliphatic carbocycles. The summed E-state index contributed by atoms with van der Waals surface area (Å²) in [6, 6.07) is 10.4. The molecule has 0 N–H and O–H groups in total. The zero-order valence-electron chi connectivity index (χ0n) is 17.9. The second-order valence-corrected chi connectivity index (χ2v) is 8.35. The molecule has 1 aromatic carbocycles. The number of ether oxygens (including phenoxy) is 1. The third kappa shape index (κ3) is 4.03. The number of piperidine rings is 1. The van der Waals surface area contributed by atoms with Crippen LogP contribution in [0.2, 0.25) is 0 Å². The molecule has 160 valence electrons. The van der Waals surface area contributed by atoms with Gasteiger partial charge in [0.1, 0.15) is 12.4 Å². The summed E-state index contributed by atoms with van der Waals surface area (Å²) >= 11 is 0. The summed E-state index contributed by atoms with van der Waals surface area (Å²) < 4.78 is 7.63. The van der Waals surface area contributed by atoms with Crippen molar-refractivity contribution in [2.75, 3.05) is 25.0 Å². The molecule has 0 amide bonds. The number of rotatable bonds is 4. The van der Waals surface area contributed by atoms with Crippen molar-refractivity contribution in [1.29, 1.82) is 0 Å². The van der Waals surface area contributed by atoms with Gasteiger partial charge in [0.05, 0.1) is 11.4 Å². The average Bonchev–Trinajstić information content (AvgIpc) is 3.17. The van der Waals surface area contributed by atoms with Crippen LogP contribution in [0.3, 0.4) is 0 Å². The van der Waals surface area contributed by atoms with Gasteiger partial charge in [-0.3, -0.25) is 14.3 Å². The van der Waals surface area contributed by atoms with E-state index >= 15 is 0 Å². The lowest BCUT2D eigenvalue weighted by Crippen LogP contribution is -2.39. The molecule has 1 saturated heterocycles. The van der Waals surface area contributed by atoms with E-state index in [1.807, 2.05) is 0 Å². The number of nitrogens with zero attached hydrogens (tertiary/aromatic N) is 6. The Kier molecular flexibility index (Phi) is 5.15. The van der Waals surface area contributed by atoms with Gasteiger partial charge in [0.15, 0.2) is 0 Å². The Morgan fingerprint density at radius 3 is 2.58 bits per heavy atom. The van der Waals surface area contributed by atoms with Crippen LogP contribution in [0.15, 0.2) is 47.7 Å². The quantitative estimate of drug-likeness (QED) is 0.643. The van der Waals surface area contributed by atoms with Crippen LogP contribution in [-0.4, -0.2) is 50.7 Å². The van der Waals surface area contributed by atoms with Crippen LogP contribution in [0, 0.1) is 0 Å². The van der Waals surface area contributed by atoms with Crippen LogP contribution in [0.25, 0.3) is 11.4 Å². The summed E-state index contributed by atoms with van der Waals surface area (Å²) in [6.07, 6.45) is 4.86. The van der Waals surface area contributed by atoms with E-state index in [2.05, 4.69) is 50.0 Å². The van der Waals surface area contributed by atoms with Gasteiger partial charge in [0.2, 0.25) is 0 Å². The first-order valence-corrected chi connectivity index (χ1v) is 10.6. The molecule has 0 atom stereocenters. The van der Waals surface area contributed by atoms with E-state index in [1.54, 1.807) is 19.3 Å². The summed E-state index contributed by atoms with van der Waals surface area (Å²) in [5.74, 6) is 0. The number of aromatic nitrogens is 4. The Balaban J connectivity index is 1.27. The predicted molar refractivity (Wildman–Crippen MR) is 118 cm³/mol. The Hall–Kier alpha value is -3.26. The molecule has 31 heavy (non-hydrogen) atoms. The molecule has 0 bridgehead atoms. The van der Waals surface area contributed by atoms with Crippen molar-refractivity contribution in [2.24, 2.45) is 7.05 Å². The zero-order chi connectivity index (χ0) is 21.4. The molecule has 8 heteroatoms. The lowest BCUT2D eigenvalue weighted by atomic mass is 10.0. The van der Waals surface area contributed by atoms with Gasteiger partial charge >= 0.3 is 0 Å². The first-order chi connectivity index (χ1) is 15.1. The number of benzene rings is 1. The standard InChI is InChI=1S/C23H26N6O2/c1-27-13-16-3-4-18(11-17(16)14-27)29-9-6-19(7-10-29)31-23-26-21(12-22(30)28(23)2)20-5-8-24-15-25-20/h3-5,8,11-12,15,19H,6-7,9-10,13-14H2,1-2H3. The van der Waals surface area contributed by atoms with Gasteiger partial charge < -0.3 is 9.64 Å². The van der Waals surface area contributed by atoms with E-state index in [1.165, 1.54) is 33.8 Å². The minimum Gasteiger partial charge on any atom is -0.461 e. The van der Waals surface area contributed by atoms with Gasteiger partial charge in [-0.25, -0.2) is 9.97 Å². The second-order valence-electron chi connectivity index (χ2n) is 8.35. The zero-order valence-corrected chi connectivity index (χ0v) is 17.9. The summed E-state index contributed by atoms with van der Waals surface area (Å²) in [7, 11) is 3.84. The molecule has 5 rings (SSSR count). The second kappa shape index (κ2) is 8.11. The molecule has 8 nitrogen and oxygen atoms in total. The lowest BCUT2D eigenvalue weighted by molar-refractivity contribution is 0.149. The Labute approximate surface area is 181 Å². The molecule has 2 aliphatic rings. The SMILES string of the molecule is CN1Cc2ccc(N3CCC(Oc4nc(-c5ccncn5)cc(=O)n4C)CC3)cc2C1. The maximum Gasteiger partial charge on any atom is 0.299 e. The molecule has 0 unspecified atom stereocenters. The smallest absolute Gasteiger partial charge is 0.299 e. The molecule has 0 saturated carbocycles. The Morgan fingerprint density at radius 1 is 1.00 bits per heavy atom. The van der Waals surface area contributed by atoms with Crippen LogP contribution in [0.4, 0.5) is 5.69 Å². The molecule has 1 fully saturated rings. The van der Waals surface area contributed by atoms with E-state index in [9.17, 15) is 4.79 Å². The van der Waals surface area contributed by atoms with Crippen molar-refractivity contribution in [3.8, 4) is 17.4 Å². The lowest BCUT2D eigenvalue weighted by Gasteiger charge is -2.33. The van der Waals surface area contributed by atoms with Crippen LogP contribution < -0.4 is 15.2 Å². The number of hydrogen-bond acceptors (Lipinski definition) is 7. The summed E-state index contributed by atoms with van der Waals surface area (Å²) in [5, 5.41) is 0. The summed E-state index contributed by atoms with van der Waals surface area (Å²) in [4.78, 5) is 29.8. The predicted octanol–water partition coefficient (Wildman–Crippen LogP) is 2.23. The maximum atomic E-state index is 12.4. The average molecular weight is 419 g/mol. The van der Waals surface area contributed by atoms with Crippen LogP contribution in [-0.2, 0) is 20.1 Å². The highest BCUT2D eigenvalue weighted by Gasteiger charge is 2.24. The first kappa shape index (κ1) is 19.7. The fourth-order valence-electron chi connectivity index (χ4n) is 4.33. The topological polar surface area (TPSA) is 76.4 Å². The number of fused-ring (bicyclic) bond motifs is 1. The minimum atomic E-state index is -0.167. The number of hydrogen-bond donors (Lipinski definition) is 0. The molecule has 3 aromatic rings. The highest BCUT2D eigenvalue weighted by atomic mass is 16.5. The van der Waals surface area contributed by atoms with Gasteiger partial charge in [-0.05, 0) is 36.4 Å². The fourth-order valence-corrected chi connectivity index (χ4v) is 4.33. The van der Waals surface area contributed by atoms with E-state index in [4.69, 9.17) is 4.74 Å². The van der Waals surface area contributed by atoms with Crippen LogP contribution in [0.5, 0.6) is 6.01 Å². The maximum absolute atomic E-state index is 12.4. The van der Waals surface area contributed by atoms with Crippen molar-refractivity contribution >= 4 is 5.69 Å². The van der Waals surface area contributed by atoms with E-state index < -0.39 is 0 Å². The fraction of sp³-hybridized carbons (Fsp3) is 0.391. The van der Waals surface area contributed by atoms with Gasteiger partial charge in [-0.1, -0.05) is 6.07 Å². The van der Waals surface area contributed by atoms with Crippen molar-refractivity contribution in [2.45, 2.75) is 32.0 Å². The number of anilines is 1. The third-order valence-electron chi connectivity index (χ3n) is 6.09. The highest BCUT2D eigenvalue weighted by Crippen LogP contribution is 2.29. The molecule has 0 radical (unpaired) electrons. The minimum absolute atomic E-state index is 0.0237. The van der Waals surface area contributed by atoms with E-state index in [0.29, 0.717) is 17.4 Å². The summed E-state index contributed by atoms with van der Waals surface area (Å²) in [5.41, 5.74) is 5.08. The highest BCUT2D eigenvalue weighted by molar-refractivity contribution is 5.53. The van der Waals surface area contributed by atoms with E-state index in [0.717, 1.165) is 39.0 Å². The van der Waals surface area contributed by atoms with Crippen molar-refractivity contribution < 1.29 is 4.74 Å². The van der Waals surface area contributed by atoms with Gasteiger partial charge in [0.25, 0.3) is 11.6 Å².